The Morgan fingerprint density at radius 2 is 2.05 bits per heavy atom. The van der Waals surface area contributed by atoms with Crippen LogP contribution in [-0.2, 0) is 11.2 Å². The highest BCUT2D eigenvalue weighted by molar-refractivity contribution is 5.69. The summed E-state index contributed by atoms with van der Waals surface area (Å²) >= 11 is 0. The third-order valence-electron chi connectivity index (χ3n) is 3.06. The van der Waals surface area contributed by atoms with Crippen molar-refractivity contribution < 1.29 is 14.6 Å². The van der Waals surface area contributed by atoms with Crippen LogP contribution >= 0.6 is 0 Å². The lowest BCUT2D eigenvalue weighted by atomic mass is 10.2. The molecule has 1 N–H and O–H groups in total. The van der Waals surface area contributed by atoms with Crippen LogP contribution in [0.15, 0.2) is 29.1 Å². The molecule has 0 unspecified atom stereocenters. The number of rotatable bonds is 4. The second-order valence-corrected chi connectivity index (χ2v) is 4.75. The van der Waals surface area contributed by atoms with E-state index in [1.807, 2.05) is 19.1 Å². The number of ether oxygens (including phenoxy) is 1. The minimum absolute atomic E-state index is 0.00309. The van der Waals surface area contributed by atoms with Gasteiger partial charge in [-0.3, -0.25) is 9.59 Å². The maximum atomic E-state index is 11.8. The first kappa shape index (κ1) is 14.8. The number of benzene rings is 1. The third kappa shape index (κ3) is 3.10. The molecule has 21 heavy (non-hydrogen) atoms. The van der Waals surface area contributed by atoms with Crippen LogP contribution in [0.4, 0.5) is 0 Å². The Labute approximate surface area is 121 Å². The predicted octanol–water partition coefficient (Wildman–Crippen LogP) is 1.49. The minimum Gasteiger partial charge on any atom is -0.494 e. The molecule has 0 spiro atoms. The maximum absolute atomic E-state index is 11.8. The Bertz CT molecular complexity index is 750. The average Bonchev–Trinajstić information content (AvgIpc) is 2.41. The smallest absolute Gasteiger partial charge is 0.309 e. The molecule has 1 heterocycles. The summed E-state index contributed by atoms with van der Waals surface area (Å²) in [5.74, 6) is -0.493. The van der Waals surface area contributed by atoms with Gasteiger partial charge in [0.05, 0.1) is 13.5 Å². The number of hydrogen-bond donors (Lipinski definition) is 1. The standard InChI is InChI=1S/C15H16N2O4/c1-9-4-5-14(21-3)12(6-9)17-10(2)7-13(18)11(16-17)8-15(19)20/h4-7H,8H2,1-3H3,(H,19,20). The molecule has 2 aromatic rings. The van der Waals surface area contributed by atoms with Crippen molar-refractivity contribution in [3.05, 3.63) is 51.4 Å². The molecule has 6 heteroatoms. The van der Waals surface area contributed by atoms with Crippen LogP contribution in [0.25, 0.3) is 5.69 Å². The molecule has 1 aromatic heterocycles. The average molecular weight is 288 g/mol. The van der Waals surface area contributed by atoms with Crippen molar-refractivity contribution >= 4 is 5.97 Å². The molecule has 0 atom stereocenters. The number of nitrogens with zero attached hydrogens (tertiary/aromatic N) is 2. The van der Waals surface area contributed by atoms with Gasteiger partial charge in [0.25, 0.3) is 0 Å². The van der Waals surface area contributed by atoms with E-state index in [1.165, 1.54) is 10.7 Å². The number of carboxylic acid groups (broad SMARTS) is 1. The first-order valence-electron chi connectivity index (χ1n) is 6.39. The van der Waals surface area contributed by atoms with Crippen LogP contribution in [0.5, 0.6) is 5.75 Å². The largest absolute Gasteiger partial charge is 0.494 e. The molecule has 0 saturated heterocycles. The number of carboxylic acids is 1. The van der Waals surface area contributed by atoms with Crippen molar-refractivity contribution in [3.63, 3.8) is 0 Å². The third-order valence-corrected chi connectivity index (χ3v) is 3.06. The number of aryl methyl sites for hydroxylation is 2. The highest BCUT2D eigenvalue weighted by atomic mass is 16.5. The Morgan fingerprint density at radius 3 is 2.67 bits per heavy atom. The second kappa shape index (κ2) is 5.78. The van der Waals surface area contributed by atoms with Gasteiger partial charge >= 0.3 is 5.97 Å². The number of aliphatic carboxylic acids is 1. The molecule has 1 aromatic carbocycles. The second-order valence-electron chi connectivity index (χ2n) is 4.75. The fourth-order valence-corrected chi connectivity index (χ4v) is 2.06. The monoisotopic (exact) mass is 288 g/mol. The van der Waals surface area contributed by atoms with Crippen molar-refractivity contribution in [2.45, 2.75) is 20.3 Å². The molecule has 0 aliphatic heterocycles. The molecule has 0 aliphatic carbocycles. The Morgan fingerprint density at radius 1 is 1.33 bits per heavy atom. The lowest BCUT2D eigenvalue weighted by molar-refractivity contribution is -0.136. The van der Waals surface area contributed by atoms with Gasteiger partial charge in [-0.2, -0.15) is 5.10 Å². The lowest BCUT2D eigenvalue weighted by Crippen LogP contribution is -2.21. The minimum atomic E-state index is -1.09. The van der Waals surface area contributed by atoms with Crippen LogP contribution in [-0.4, -0.2) is 28.0 Å². The topological polar surface area (TPSA) is 81.4 Å². The zero-order chi connectivity index (χ0) is 15.6. The number of hydrogen-bond acceptors (Lipinski definition) is 4. The highest BCUT2D eigenvalue weighted by Crippen LogP contribution is 2.24. The predicted molar refractivity (Wildman–Crippen MR) is 77.2 cm³/mol. The van der Waals surface area contributed by atoms with Gasteiger partial charge in [0.1, 0.15) is 17.1 Å². The summed E-state index contributed by atoms with van der Waals surface area (Å²) in [6.07, 6.45) is -0.409. The van der Waals surface area contributed by atoms with E-state index in [0.29, 0.717) is 17.1 Å². The molecule has 0 radical (unpaired) electrons. The molecule has 110 valence electrons. The zero-order valence-corrected chi connectivity index (χ0v) is 12.1. The zero-order valence-electron chi connectivity index (χ0n) is 12.1. The summed E-state index contributed by atoms with van der Waals surface area (Å²) in [5, 5.41) is 13.0. The van der Waals surface area contributed by atoms with E-state index in [-0.39, 0.29) is 11.1 Å². The molecule has 0 amide bonds. The van der Waals surface area contributed by atoms with E-state index in [4.69, 9.17) is 9.84 Å². The van der Waals surface area contributed by atoms with Crippen LogP contribution < -0.4 is 10.2 Å². The summed E-state index contributed by atoms with van der Waals surface area (Å²) in [6.45, 7) is 3.67. The van der Waals surface area contributed by atoms with Gasteiger partial charge in [-0.1, -0.05) is 6.07 Å². The van der Waals surface area contributed by atoms with Crippen molar-refractivity contribution in [2.75, 3.05) is 7.11 Å². The molecule has 6 nitrogen and oxygen atoms in total. The fourth-order valence-electron chi connectivity index (χ4n) is 2.06. The van der Waals surface area contributed by atoms with Crippen molar-refractivity contribution in [2.24, 2.45) is 0 Å². The number of aromatic nitrogens is 2. The first-order valence-corrected chi connectivity index (χ1v) is 6.39. The van der Waals surface area contributed by atoms with Gasteiger partial charge in [0, 0.05) is 11.8 Å². The summed E-state index contributed by atoms with van der Waals surface area (Å²) in [6, 6.07) is 6.96. The van der Waals surface area contributed by atoms with Gasteiger partial charge in [0.2, 0.25) is 5.43 Å². The molecular formula is C15H16N2O4. The molecule has 2 rings (SSSR count). The lowest BCUT2D eigenvalue weighted by Gasteiger charge is -2.14. The molecule has 0 saturated carbocycles. The highest BCUT2D eigenvalue weighted by Gasteiger charge is 2.13. The Kier molecular flexibility index (Phi) is 4.07. The normalized spacial score (nSPS) is 10.4. The number of methoxy groups -OCH3 is 1. The number of carbonyl (C=O) groups is 1. The summed E-state index contributed by atoms with van der Waals surface area (Å²) < 4.78 is 6.84. The molecule has 0 aliphatic rings. The first-order chi connectivity index (χ1) is 9.92. The summed E-state index contributed by atoms with van der Waals surface area (Å²) in [4.78, 5) is 22.6. The SMILES string of the molecule is COc1ccc(C)cc1-n1nc(CC(=O)O)c(=O)cc1C. The van der Waals surface area contributed by atoms with Gasteiger partial charge in [-0.05, 0) is 31.5 Å². The molecule has 0 fully saturated rings. The Hall–Kier alpha value is -2.63. The quantitative estimate of drug-likeness (QED) is 0.921. The fraction of sp³-hybridized carbons (Fsp3) is 0.267. The van der Waals surface area contributed by atoms with Gasteiger partial charge in [0.15, 0.2) is 0 Å². The summed E-state index contributed by atoms with van der Waals surface area (Å²) in [5.41, 5.74) is 1.90. The maximum Gasteiger partial charge on any atom is 0.309 e. The van der Waals surface area contributed by atoms with E-state index >= 15 is 0 Å². The van der Waals surface area contributed by atoms with Crippen molar-refractivity contribution in [1.82, 2.24) is 9.78 Å². The van der Waals surface area contributed by atoms with E-state index in [2.05, 4.69) is 5.10 Å². The van der Waals surface area contributed by atoms with Crippen LogP contribution in [0.3, 0.4) is 0 Å². The Balaban J connectivity index is 2.66. The molecular weight excluding hydrogens is 272 g/mol. The van der Waals surface area contributed by atoms with Crippen LogP contribution in [0, 0.1) is 13.8 Å². The van der Waals surface area contributed by atoms with Crippen molar-refractivity contribution in [1.29, 1.82) is 0 Å². The van der Waals surface area contributed by atoms with Crippen molar-refractivity contribution in [3.8, 4) is 11.4 Å². The van der Waals surface area contributed by atoms with Gasteiger partial charge in [-0.15, -0.1) is 0 Å². The van der Waals surface area contributed by atoms with Gasteiger partial charge in [-0.25, -0.2) is 4.68 Å². The van der Waals surface area contributed by atoms with E-state index in [1.54, 1.807) is 20.1 Å². The van der Waals surface area contributed by atoms with E-state index < -0.39 is 12.4 Å². The van der Waals surface area contributed by atoms with E-state index in [0.717, 1.165) is 5.56 Å². The molecule has 0 bridgehead atoms. The van der Waals surface area contributed by atoms with E-state index in [9.17, 15) is 9.59 Å². The van der Waals surface area contributed by atoms with Crippen LogP contribution in [0.1, 0.15) is 17.0 Å². The van der Waals surface area contributed by atoms with Crippen LogP contribution in [0.2, 0.25) is 0 Å². The summed E-state index contributed by atoms with van der Waals surface area (Å²) in [7, 11) is 1.55. The van der Waals surface area contributed by atoms with Gasteiger partial charge < -0.3 is 9.84 Å².